The standard InChI is InChI=1S/C7H18N2O3/c1-7(8,6-12)9(2-4-10)3-5-11/h10-12H,2-6,8H2,1H3. The van der Waals surface area contributed by atoms with Crippen LogP contribution in [0.25, 0.3) is 0 Å². The van der Waals surface area contributed by atoms with Gasteiger partial charge in [-0.05, 0) is 6.92 Å². The van der Waals surface area contributed by atoms with Gasteiger partial charge in [0.15, 0.2) is 0 Å². The lowest BCUT2D eigenvalue weighted by Crippen LogP contribution is -2.58. The normalized spacial score (nSPS) is 16.5. The third kappa shape index (κ3) is 3.46. The van der Waals surface area contributed by atoms with Crippen LogP contribution in [0.4, 0.5) is 0 Å². The fraction of sp³-hybridized carbons (Fsp3) is 1.00. The van der Waals surface area contributed by atoms with Crippen LogP contribution in [0.1, 0.15) is 6.92 Å². The van der Waals surface area contributed by atoms with E-state index in [1.807, 2.05) is 0 Å². The second kappa shape index (κ2) is 5.45. The van der Waals surface area contributed by atoms with Crippen LogP contribution in [0.3, 0.4) is 0 Å². The lowest BCUT2D eigenvalue weighted by molar-refractivity contribution is 0.0234. The van der Waals surface area contributed by atoms with Gasteiger partial charge in [-0.25, -0.2) is 0 Å². The smallest absolute Gasteiger partial charge is 0.0897 e. The Morgan fingerprint density at radius 1 is 1.17 bits per heavy atom. The highest BCUT2D eigenvalue weighted by molar-refractivity contribution is 4.78. The summed E-state index contributed by atoms with van der Waals surface area (Å²) in [5.74, 6) is 0. The molecule has 5 N–H and O–H groups in total. The van der Waals surface area contributed by atoms with E-state index >= 15 is 0 Å². The van der Waals surface area contributed by atoms with E-state index < -0.39 is 5.66 Å². The fourth-order valence-corrected chi connectivity index (χ4v) is 0.964. The van der Waals surface area contributed by atoms with Gasteiger partial charge in [-0.1, -0.05) is 0 Å². The molecule has 0 aromatic carbocycles. The zero-order valence-electron chi connectivity index (χ0n) is 7.40. The van der Waals surface area contributed by atoms with Gasteiger partial charge in [0.25, 0.3) is 0 Å². The van der Waals surface area contributed by atoms with E-state index in [2.05, 4.69) is 0 Å². The molecule has 0 heterocycles. The Labute approximate surface area is 72.4 Å². The number of rotatable bonds is 6. The van der Waals surface area contributed by atoms with Crippen molar-refractivity contribution in [2.24, 2.45) is 5.73 Å². The van der Waals surface area contributed by atoms with Gasteiger partial charge in [0.1, 0.15) is 0 Å². The monoisotopic (exact) mass is 178 g/mol. The number of nitrogens with two attached hydrogens (primary N) is 1. The zero-order chi connectivity index (χ0) is 9.61. The molecule has 0 radical (unpaired) electrons. The molecule has 5 heteroatoms. The summed E-state index contributed by atoms with van der Waals surface area (Å²) in [4.78, 5) is 1.63. The first-order valence-corrected chi connectivity index (χ1v) is 3.95. The minimum absolute atomic E-state index is 0.0349. The fourth-order valence-electron chi connectivity index (χ4n) is 0.964. The van der Waals surface area contributed by atoms with Crippen molar-refractivity contribution in [1.29, 1.82) is 0 Å². The average molecular weight is 178 g/mol. The minimum Gasteiger partial charge on any atom is -0.395 e. The van der Waals surface area contributed by atoms with Crippen molar-refractivity contribution in [3.63, 3.8) is 0 Å². The lowest BCUT2D eigenvalue weighted by atomic mass is 10.2. The van der Waals surface area contributed by atoms with E-state index in [1.165, 1.54) is 0 Å². The summed E-state index contributed by atoms with van der Waals surface area (Å²) < 4.78 is 0. The predicted molar refractivity (Wildman–Crippen MR) is 45.4 cm³/mol. The Bertz CT molecular complexity index is 113. The van der Waals surface area contributed by atoms with Gasteiger partial charge >= 0.3 is 0 Å². The molecular weight excluding hydrogens is 160 g/mol. The Morgan fingerprint density at radius 3 is 1.83 bits per heavy atom. The van der Waals surface area contributed by atoms with Crippen LogP contribution in [0.5, 0.6) is 0 Å². The van der Waals surface area contributed by atoms with Crippen molar-refractivity contribution in [1.82, 2.24) is 4.90 Å². The molecule has 74 valence electrons. The van der Waals surface area contributed by atoms with Gasteiger partial charge in [-0.2, -0.15) is 0 Å². The van der Waals surface area contributed by atoms with E-state index in [0.717, 1.165) is 0 Å². The Balaban J connectivity index is 4.07. The maximum atomic E-state index is 8.89. The van der Waals surface area contributed by atoms with Gasteiger partial charge in [0.05, 0.1) is 25.5 Å². The van der Waals surface area contributed by atoms with Crippen LogP contribution in [0, 0.1) is 0 Å². The van der Waals surface area contributed by atoms with E-state index in [-0.39, 0.29) is 19.8 Å². The van der Waals surface area contributed by atoms with E-state index in [4.69, 9.17) is 21.1 Å². The molecule has 0 aliphatic carbocycles. The third-order valence-corrected chi connectivity index (χ3v) is 1.78. The van der Waals surface area contributed by atoms with Crippen molar-refractivity contribution in [2.45, 2.75) is 12.6 Å². The second-order valence-electron chi connectivity index (χ2n) is 2.95. The largest absolute Gasteiger partial charge is 0.395 e. The first kappa shape index (κ1) is 11.8. The molecule has 0 aliphatic heterocycles. The average Bonchev–Trinajstić information content (AvgIpc) is 2.04. The van der Waals surface area contributed by atoms with E-state index in [0.29, 0.717) is 13.1 Å². The molecule has 0 saturated heterocycles. The van der Waals surface area contributed by atoms with Gasteiger partial charge in [-0.3, -0.25) is 4.90 Å². The van der Waals surface area contributed by atoms with Crippen molar-refractivity contribution in [3.8, 4) is 0 Å². The van der Waals surface area contributed by atoms with E-state index in [9.17, 15) is 0 Å². The van der Waals surface area contributed by atoms with Crippen molar-refractivity contribution < 1.29 is 15.3 Å². The molecule has 0 aromatic heterocycles. The maximum absolute atomic E-state index is 8.89. The van der Waals surface area contributed by atoms with Crippen molar-refractivity contribution in [3.05, 3.63) is 0 Å². The zero-order valence-corrected chi connectivity index (χ0v) is 7.40. The van der Waals surface area contributed by atoms with E-state index in [1.54, 1.807) is 11.8 Å². The summed E-state index contributed by atoms with van der Waals surface area (Å²) in [6.07, 6.45) is 0. The number of aliphatic hydroxyl groups is 3. The number of nitrogens with zero attached hydrogens (tertiary/aromatic N) is 1. The van der Waals surface area contributed by atoms with Gasteiger partial charge in [0, 0.05) is 13.1 Å². The summed E-state index contributed by atoms with van der Waals surface area (Å²) in [5.41, 5.74) is 4.82. The molecule has 1 unspecified atom stereocenters. The number of hydrogen-bond acceptors (Lipinski definition) is 5. The first-order valence-electron chi connectivity index (χ1n) is 3.95. The molecule has 0 saturated carbocycles. The van der Waals surface area contributed by atoms with Crippen LogP contribution < -0.4 is 5.73 Å². The van der Waals surface area contributed by atoms with Gasteiger partial charge in [-0.15, -0.1) is 0 Å². The highest BCUT2D eigenvalue weighted by atomic mass is 16.3. The molecule has 0 aromatic rings. The molecule has 12 heavy (non-hydrogen) atoms. The highest BCUT2D eigenvalue weighted by Crippen LogP contribution is 2.05. The predicted octanol–water partition coefficient (Wildman–Crippen LogP) is -2.06. The van der Waals surface area contributed by atoms with Crippen molar-refractivity contribution in [2.75, 3.05) is 32.9 Å². The van der Waals surface area contributed by atoms with Crippen LogP contribution in [-0.2, 0) is 0 Å². The third-order valence-electron chi connectivity index (χ3n) is 1.78. The van der Waals surface area contributed by atoms with Gasteiger partial charge in [0.2, 0.25) is 0 Å². The van der Waals surface area contributed by atoms with Crippen molar-refractivity contribution >= 4 is 0 Å². The molecule has 0 fully saturated rings. The molecule has 0 rings (SSSR count). The second-order valence-corrected chi connectivity index (χ2v) is 2.95. The van der Waals surface area contributed by atoms with Gasteiger partial charge < -0.3 is 21.1 Å². The highest BCUT2D eigenvalue weighted by Gasteiger charge is 2.25. The Hall–Kier alpha value is -0.200. The quantitative estimate of drug-likeness (QED) is 0.351. The van der Waals surface area contributed by atoms with Crippen LogP contribution >= 0.6 is 0 Å². The number of aliphatic hydroxyl groups excluding tert-OH is 3. The minimum atomic E-state index is -0.870. The molecule has 5 nitrogen and oxygen atoms in total. The van der Waals surface area contributed by atoms with Crippen LogP contribution in [0.2, 0.25) is 0 Å². The molecule has 0 spiro atoms. The SMILES string of the molecule is CC(N)(CO)N(CCO)CCO. The Kier molecular flexibility index (Phi) is 5.36. The van der Waals surface area contributed by atoms with Crippen LogP contribution in [0.15, 0.2) is 0 Å². The Morgan fingerprint density at radius 2 is 1.58 bits per heavy atom. The summed E-state index contributed by atoms with van der Waals surface area (Å²) in [6.45, 7) is 2.09. The first-order chi connectivity index (χ1) is 5.58. The molecule has 0 amide bonds. The molecule has 0 aliphatic rings. The summed E-state index contributed by atoms with van der Waals surface area (Å²) in [6, 6.07) is 0. The topological polar surface area (TPSA) is 90.0 Å². The molecule has 0 bridgehead atoms. The molecule has 1 atom stereocenters. The molecular formula is C7H18N2O3. The lowest BCUT2D eigenvalue weighted by Gasteiger charge is -2.35. The number of hydrogen-bond donors (Lipinski definition) is 4. The maximum Gasteiger partial charge on any atom is 0.0897 e. The summed E-state index contributed by atoms with van der Waals surface area (Å²) in [5, 5.41) is 26.2. The summed E-state index contributed by atoms with van der Waals surface area (Å²) in [7, 11) is 0. The van der Waals surface area contributed by atoms with Crippen LogP contribution in [-0.4, -0.2) is 58.8 Å². The summed E-state index contributed by atoms with van der Waals surface area (Å²) >= 11 is 0.